The summed E-state index contributed by atoms with van der Waals surface area (Å²) in [6.07, 6.45) is 0. The van der Waals surface area contributed by atoms with Gasteiger partial charge in [-0.2, -0.15) is 17.0 Å². The van der Waals surface area contributed by atoms with Crippen molar-refractivity contribution in [3.63, 3.8) is 0 Å². The van der Waals surface area contributed by atoms with Gasteiger partial charge in [0.15, 0.2) is 0 Å². The zero-order valence-corrected chi connectivity index (χ0v) is 17.2. The highest BCUT2D eigenvalue weighted by Crippen LogP contribution is 2.32. The molecule has 10 heteroatoms. The van der Waals surface area contributed by atoms with Crippen LogP contribution in [0.15, 0.2) is 0 Å². The number of piperazine rings is 1. The van der Waals surface area contributed by atoms with Gasteiger partial charge in [0.25, 0.3) is 16.1 Å². The van der Waals surface area contributed by atoms with Crippen LogP contribution in [0.2, 0.25) is 0 Å². The Labute approximate surface area is 157 Å². The van der Waals surface area contributed by atoms with Crippen molar-refractivity contribution in [2.45, 2.75) is 20.8 Å². The molecule has 1 fully saturated rings. The molecule has 0 radical (unpaired) electrons. The normalized spacial score (nSPS) is 16.6. The Bertz CT molecular complexity index is 960. The Kier molecular flexibility index (Phi) is 5.04. The van der Waals surface area contributed by atoms with Crippen molar-refractivity contribution >= 4 is 37.7 Å². The van der Waals surface area contributed by atoms with Crippen LogP contribution >= 0.6 is 11.3 Å². The number of aryl methyl sites for hydroxylation is 3. The maximum atomic E-state index is 13.0. The third-order valence-corrected chi connectivity index (χ3v) is 7.70. The maximum absolute atomic E-state index is 13.0. The van der Waals surface area contributed by atoms with E-state index < -0.39 is 10.2 Å². The van der Waals surface area contributed by atoms with Crippen molar-refractivity contribution in [3.8, 4) is 0 Å². The number of carbonyl (C=O) groups is 1. The van der Waals surface area contributed by atoms with Gasteiger partial charge in [-0.3, -0.25) is 4.79 Å². The number of fused-ring (bicyclic) bond motifs is 1. The highest BCUT2D eigenvalue weighted by molar-refractivity contribution is 7.86. The van der Waals surface area contributed by atoms with E-state index in [0.29, 0.717) is 36.9 Å². The van der Waals surface area contributed by atoms with Crippen LogP contribution in [-0.4, -0.2) is 78.1 Å². The SMILES string of the molecule is Cc1nc(C)c2c(C)c(C(=O)N3CCN(S(=O)(=O)N(C)C)CC3)sc2n1. The van der Waals surface area contributed by atoms with Crippen molar-refractivity contribution in [3.05, 3.63) is 22.0 Å². The first-order valence-electron chi connectivity index (χ1n) is 8.34. The highest BCUT2D eigenvalue weighted by Gasteiger charge is 2.31. The van der Waals surface area contributed by atoms with Gasteiger partial charge >= 0.3 is 0 Å². The summed E-state index contributed by atoms with van der Waals surface area (Å²) in [5.41, 5.74) is 1.78. The lowest BCUT2D eigenvalue weighted by molar-refractivity contribution is 0.0699. The van der Waals surface area contributed by atoms with Crippen molar-refractivity contribution in [1.29, 1.82) is 0 Å². The molecule has 0 spiro atoms. The molecule has 1 saturated heterocycles. The first-order chi connectivity index (χ1) is 12.1. The van der Waals surface area contributed by atoms with Crippen LogP contribution in [0.1, 0.15) is 26.8 Å². The first-order valence-corrected chi connectivity index (χ1v) is 10.6. The van der Waals surface area contributed by atoms with Crippen LogP contribution in [0.4, 0.5) is 0 Å². The largest absolute Gasteiger partial charge is 0.335 e. The molecule has 1 amide bonds. The van der Waals surface area contributed by atoms with Crippen molar-refractivity contribution in [1.82, 2.24) is 23.5 Å². The molecule has 2 aromatic heterocycles. The molecular weight excluding hydrogens is 374 g/mol. The van der Waals surface area contributed by atoms with Crippen LogP contribution < -0.4 is 0 Å². The fraction of sp³-hybridized carbons (Fsp3) is 0.562. The molecular formula is C16H23N5O3S2. The molecule has 1 aliphatic heterocycles. The number of hydrogen-bond donors (Lipinski definition) is 0. The zero-order chi connectivity index (χ0) is 19.2. The number of nitrogens with zero attached hydrogens (tertiary/aromatic N) is 5. The van der Waals surface area contributed by atoms with E-state index in [1.165, 1.54) is 34.0 Å². The second kappa shape index (κ2) is 6.84. The number of hydrogen-bond acceptors (Lipinski definition) is 6. The van der Waals surface area contributed by atoms with Gasteiger partial charge in [0, 0.05) is 51.4 Å². The van der Waals surface area contributed by atoms with Gasteiger partial charge in [-0.1, -0.05) is 0 Å². The van der Waals surface area contributed by atoms with Crippen LogP contribution in [0.25, 0.3) is 10.2 Å². The minimum absolute atomic E-state index is 0.0653. The van der Waals surface area contributed by atoms with E-state index in [-0.39, 0.29) is 5.91 Å². The average molecular weight is 398 g/mol. The van der Waals surface area contributed by atoms with Crippen LogP contribution in [0.3, 0.4) is 0 Å². The Hall–Kier alpha value is -1.62. The molecule has 0 N–H and O–H groups in total. The van der Waals surface area contributed by atoms with Crippen LogP contribution in [0, 0.1) is 20.8 Å². The summed E-state index contributed by atoms with van der Waals surface area (Å²) >= 11 is 1.38. The summed E-state index contributed by atoms with van der Waals surface area (Å²) in [4.78, 5) is 25.0. The quantitative estimate of drug-likeness (QED) is 0.776. The van der Waals surface area contributed by atoms with Crippen molar-refractivity contribution in [2.24, 2.45) is 0 Å². The summed E-state index contributed by atoms with van der Waals surface area (Å²) in [5.74, 6) is 0.627. The summed E-state index contributed by atoms with van der Waals surface area (Å²) in [7, 11) is -0.414. The first kappa shape index (κ1) is 19.2. The Morgan fingerprint density at radius 1 is 1.08 bits per heavy atom. The molecule has 1 aliphatic rings. The van der Waals surface area contributed by atoms with Crippen LogP contribution in [0.5, 0.6) is 0 Å². The zero-order valence-electron chi connectivity index (χ0n) is 15.6. The lowest BCUT2D eigenvalue weighted by Gasteiger charge is -2.35. The smallest absolute Gasteiger partial charge is 0.281 e. The molecule has 0 atom stereocenters. The van der Waals surface area contributed by atoms with E-state index in [2.05, 4.69) is 9.97 Å². The molecule has 0 unspecified atom stereocenters. The van der Waals surface area contributed by atoms with E-state index in [9.17, 15) is 13.2 Å². The summed E-state index contributed by atoms with van der Waals surface area (Å²) < 4.78 is 27.0. The predicted molar refractivity (Wildman–Crippen MR) is 102 cm³/mol. The monoisotopic (exact) mass is 397 g/mol. The van der Waals surface area contributed by atoms with E-state index in [4.69, 9.17) is 0 Å². The lowest BCUT2D eigenvalue weighted by atomic mass is 10.1. The highest BCUT2D eigenvalue weighted by atomic mass is 32.2. The predicted octanol–water partition coefficient (Wildman–Crippen LogP) is 1.18. The molecule has 2 aromatic rings. The molecule has 0 saturated carbocycles. The summed E-state index contributed by atoms with van der Waals surface area (Å²) in [6, 6.07) is 0. The van der Waals surface area contributed by atoms with Gasteiger partial charge in [0.2, 0.25) is 0 Å². The molecule has 0 bridgehead atoms. The van der Waals surface area contributed by atoms with Gasteiger partial charge in [0.05, 0.1) is 4.88 Å². The molecule has 3 rings (SSSR count). The average Bonchev–Trinajstić information content (AvgIpc) is 2.90. The van der Waals surface area contributed by atoms with Gasteiger partial charge in [-0.05, 0) is 26.3 Å². The number of carbonyl (C=O) groups excluding carboxylic acids is 1. The summed E-state index contributed by atoms with van der Waals surface area (Å²) in [5, 5.41) is 0.942. The van der Waals surface area contributed by atoms with E-state index in [0.717, 1.165) is 21.5 Å². The Morgan fingerprint density at radius 2 is 1.69 bits per heavy atom. The number of amides is 1. The van der Waals surface area contributed by atoms with Crippen molar-refractivity contribution in [2.75, 3.05) is 40.3 Å². The Balaban J connectivity index is 1.83. The summed E-state index contributed by atoms with van der Waals surface area (Å²) in [6.45, 7) is 7.04. The number of thiophene rings is 1. The molecule has 26 heavy (non-hydrogen) atoms. The van der Waals surface area contributed by atoms with Gasteiger partial charge in [-0.25, -0.2) is 9.97 Å². The van der Waals surface area contributed by atoms with Crippen LogP contribution in [-0.2, 0) is 10.2 Å². The number of aromatic nitrogens is 2. The lowest BCUT2D eigenvalue weighted by Crippen LogP contribution is -2.53. The third-order valence-electron chi connectivity index (χ3n) is 4.59. The van der Waals surface area contributed by atoms with Gasteiger partial charge in [-0.15, -0.1) is 11.3 Å². The topological polar surface area (TPSA) is 86.7 Å². The van der Waals surface area contributed by atoms with Gasteiger partial charge in [0.1, 0.15) is 10.7 Å². The third kappa shape index (κ3) is 3.22. The van der Waals surface area contributed by atoms with Crippen molar-refractivity contribution < 1.29 is 13.2 Å². The molecule has 0 aliphatic carbocycles. The standard InChI is InChI=1S/C16H23N5O3S2/c1-10-13-11(2)17-12(3)18-15(13)25-14(10)16(22)20-6-8-21(9-7-20)26(23,24)19(4)5/h6-9H2,1-5H3. The second-order valence-corrected chi connectivity index (χ2v) is 9.72. The second-order valence-electron chi connectivity index (χ2n) is 6.57. The molecule has 0 aromatic carbocycles. The molecule has 142 valence electrons. The van der Waals surface area contributed by atoms with E-state index in [1.54, 1.807) is 4.90 Å². The minimum atomic E-state index is -3.44. The molecule has 3 heterocycles. The van der Waals surface area contributed by atoms with E-state index >= 15 is 0 Å². The number of rotatable bonds is 3. The molecule has 8 nitrogen and oxygen atoms in total. The van der Waals surface area contributed by atoms with E-state index in [1.807, 2.05) is 20.8 Å². The maximum Gasteiger partial charge on any atom is 0.281 e. The minimum Gasteiger partial charge on any atom is -0.335 e. The fourth-order valence-corrected chi connectivity index (χ4v) is 5.51. The van der Waals surface area contributed by atoms with Gasteiger partial charge < -0.3 is 4.90 Å². The fourth-order valence-electron chi connectivity index (χ4n) is 3.17. The Morgan fingerprint density at radius 3 is 2.27 bits per heavy atom.